The Bertz CT molecular complexity index is 396. The molecule has 0 saturated carbocycles. The minimum atomic E-state index is -1.64. The Morgan fingerprint density at radius 1 is 1.12 bits per heavy atom. The highest BCUT2D eigenvalue weighted by Gasteiger charge is 2.19. The summed E-state index contributed by atoms with van der Waals surface area (Å²) in [6, 6.07) is 8.86. The van der Waals surface area contributed by atoms with Gasteiger partial charge in [0, 0.05) is 0 Å². The molecule has 0 radical (unpaired) electrons. The van der Waals surface area contributed by atoms with Crippen molar-refractivity contribution in [3.8, 4) is 0 Å². The third-order valence-electron chi connectivity index (χ3n) is 1.64. The van der Waals surface area contributed by atoms with Gasteiger partial charge in [0.25, 0.3) is 5.71 Å². The Morgan fingerprint density at radius 2 is 1.69 bits per heavy atom. The van der Waals surface area contributed by atoms with Gasteiger partial charge in [0.1, 0.15) is 6.61 Å². The molecular weight excluding hydrogens is 214 g/mol. The monoisotopic (exact) mass is 223 g/mol. The fourth-order valence-electron chi connectivity index (χ4n) is 0.915. The summed E-state index contributed by atoms with van der Waals surface area (Å²) in [4.78, 5) is 25.4. The molecule has 16 heavy (non-hydrogen) atoms. The maximum atomic E-state index is 10.4. The van der Waals surface area contributed by atoms with Crippen LogP contribution in [0.5, 0.6) is 0 Å². The van der Waals surface area contributed by atoms with Crippen LogP contribution in [0.2, 0.25) is 0 Å². The van der Waals surface area contributed by atoms with Gasteiger partial charge in [-0.25, -0.2) is 9.59 Å². The van der Waals surface area contributed by atoms with Crippen molar-refractivity contribution in [2.75, 3.05) is 0 Å². The van der Waals surface area contributed by atoms with Gasteiger partial charge in [-0.05, 0) is 5.56 Å². The van der Waals surface area contributed by atoms with E-state index < -0.39 is 17.7 Å². The molecule has 0 bridgehead atoms. The van der Waals surface area contributed by atoms with E-state index in [1.165, 1.54) is 0 Å². The van der Waals surface area contributed by atoms with E-state index in [2.05, 4.69) is 9.99 Å². The minimum absolute atomic E-state index is 0.0187. The molecule has 0 heterocycles. The van der Waals surface area contributed by atoms with Gasteiger partial charge in [0.15, 0.2) is 0 Å². The van der Waals surface area contributed by atoms with Crippen LogP contribution in [0.15, 0.2) is 35.5 Å². The summed E-state index contributed by atoms with van der Waals surface area (Å²) >= 11 is 0. The highest BCUT2D eigenvalue weighted by Crippen LogP contribution is 2.00. The summed E-state index contributed by atoms with van der Waals surface area (Å²) in [6.07, 6.45) is 0. The maximum absolute atomic E-state index is 10.4. The molecule has 6 nitrogen and oxygen atoms in total. The van der Waals surface area contributed by atoms with Gasteiger partial charge in [-0.1, -0.05) is 35.5 Å². The summed E-state index contributed by atoms with van der Waals surface area (Å²) in [5.41, 5.74) is -0.280. The molecule has 0 aromatic heterocycles. The molecule has 84 valence electrons. The van der Waals surface area contributed by atoms with Crippen LogP contribution in [0.3, 0.4) is 0 Å². The Balaban J connectivity index is 2.59. The second-order valence-corrected chi connectivity index (χ2v) is 2.81. The van der Waals surface area contributed by atoms with Gasteiger partial charge in [-0.3, -0.25) is 0 Å². The van der Waals surface area contributed by atoms with Gasteiger partial charge >= 0.3 is 11.9 Å². The first-order chi connectivity index (χ1) is 7.61. The van der Waals surface area contributed by atoms with Crippen LogP contribution in [0.4, 0.5) is 0 Å². The molecule has 1 aromatic rings. The number of hydrogen-bond acceptors (Lipinski definition) is 4. The Morgan fingerprint density at radius 3 is 2.19 bits per heavy atom. The number of carboxylic acid groups (broad SMARTS) is 2. The van der Waals surface area contributed by atoms with Gasteiger partial charge in [0.05, 0.1) is 0 Å². The second kappa shape index (κ2) is 5.50. The molecule has 0 fully saturated rings. The molecule has 2 N–H and O–H groups in total. The molecule has 1 aromatic carbocycles. The van der Waals surface area contributed by atoms with Crippen molar-refractivity contribution in [3.05, 3.63) is 35.9 Å². The molecule has 0 aliphatic rings. The largest absolute Gasteiger partial charge is 0.476 e. The van der Waals surface area contributed by atoms with E-state index in [0.717, 1.165) is 5.56 Å². The Labute approximate surface area is 90.8 Å². The van der Waals surface area contributed by atoms with Crippen molar-refractivity contribution < 1.29 is 24.6 Å². The molecule has 0 spiro atoms. The van der Waals surface area contributed by atoms with Gasteiger partial charge in [-0.2, -0.15) is 0 Å². The van der Waals surface area contributed by atoms with E-state index in [1.807, 2.05) is 6.07 Å². The lowest BCUT2D eigenvalue weighted by atomic mass is 10.2. The molecule has 1 rings (SSSR count). The molecule has 0 atom stereocenters. The lowest BCUT2D eigenvalue weighted by molar-refractivity contribution is -0.134. The summed E-state index contributed by atoms with van der Waals surface area (Å²) in [5.74, 6) is -3.28. The van der Waals surface area contributed by atoms with Crippen LogP contribution >= 0.6 is 0 Å². The van der Waals surface area contributed by atoms with Crippen LogP contribution < -0.4 is 0 Å². The average Bonchev–Trinajstić information content (AvgIpc) is 2.24. The third-order valence-corrected chi connectivity index (χ3v) is 1.64. The predicted octanol–water partition coefficient (Wildman–Crippen LogP) is 0.728. The maximum Gasteiger partial charge on any atom is 0.365 e. The van der Waals surface area contributed by atoms with E-state index in [-0.39, 0.29) is 6.61 Å². The molecule has 0 aliphatic carbocycles. The quantitative estimate of drug-likeness (QED) is 0.435. The van der Waals surface area contributed by atoms with Crippen molar-refractivity contribution in [3.63, 3.8) is 0 Å². The normalized spacial score (nSPS) is 9.25. The number of carbonyl (C=O) groups is 2. The van der Waals surface area contributed by atoms with E-state index in [0.29, 0.717) is 0 Å². The van der Waals surface area contributed by atoms with Crippen molar-refractivity contribution in [1.29, 1.82) is 0 Å². The standard InChI is InChI=1S/C10H9NO5/c12-9(13)8(10(14)15)11-16-6-7-4-2-1-3-5-7/h1-5H,6H2,(H,12,13)(H,14,15). The van der Waals surface area contributed by atoms with Crippen LogP contribution in [-0.2, 0) is 21.0 Å². The summed E-state index contributed by atoms with van der Waals surface area (Å²) in [7, 11) is 0. The minimum Gasteiger partial charge on any atom is -0.476 e. The number of benzene rings is 1. The van der Waals surface area contributed by atoms with E-state index in [9.17, 15) is 9.59 Å². The van der Waals surface area contributed by atoms with E-state index in [1.54, 1.807) is 24.3 Å². The highest BCUT2D eigenvalue weighted by molar-refractivity contribution is 6.61. The SMILES string of the molecule is O=C(O)C(=NOCc1ccccc1)C(=O)O. The van der Waals surface area contributed by atoms with Crippen molar-refractivity contribution in [1.82, 2.24) is 0 Å². The molecule has 0 saturated heterocycles. The van der Waals surface area contributed by atoms with Crippen molar-refractivity contribution >= 4 is 17.7 Å². The molecule has 0 unspecified atom stereocenters. The highest BCUT2D eigenvalue weighted by atomic mass is 16.6. The zero-order valence-corrected chi connectivity index (χ0v) is 8.16. The van der Waals surface area contributed by atoms with Gasteiger partial charge < -0.3 is 15.1 Å². The number of rotatable bonds is 5. The zero-order valence-electron chi connectivity index (χ0n) is 8.16. The Kier molecular flexibility index (Phi) is 4.02. The number of hydrogen-bond donors (Lipinski definition) is 2. The van der Waals surface area contributed by atoms with Crippen LogP contribution in [-0.4, -0.2) is 27.9 Å². The molecule has 6 heteroatoms. The smallest absolute Gasteiger partial charge is 0.365 e. The Hall–Kier alpha value is -2.37. The van der Waals surface area contributed by atoms with Gasteiger partial charge in [-0.15, -0.1) is 0 Å². The lowest BCUT2D eigenvalue weighted by Crippen LogP contribution is -2.23. The van der Waals surface area contributed by atoms with Crippen molar-refractivity contribution in [2.45, 2.75) is 6.61 Å². The number of aliphatic carboxylic acids is 2. The third kappa shape index (κ3) is 3.41. The van der Waals surface area contributed by atoms with Crippen LogP contribution in [0, 0.1) is 0 Å². The summed E-state index contributed by atoms with van der Waals surface area (Å²) in [5, 5.41) is 19.9. The van der Waals surface area contributed by atoms with E-state index >= 15 is 0 Å². The summed E-state index contributed by atoms with van der Waals surface area (Å²) < 4.78 is 0. The number of nitrogens with zero attached hydrogens (tertiary/aromatic N) is 1. The first kappa shape index (κ1) is 11.7. The predicted molar refractivity (Wildman–Crippen MR) is 53.9 cm³/mol. The first-order valence-electron chi connectivity index (χ1n) is 4.31. The number of oxime groups is 1. The van der Waals surface area contributed by atoms with Crippen molar-refractivity contribution in [2.24, 2.45) is 5.16 Å². The lowest BCUT2D eigenvalue weighted by Gasteiger charge is -1.99. The topological polar surface area (TPSA) is 96.2 Å². The number of carboxylic acids is 2. The van der Waals surface area contributed by atoms with Crippen LogP contribution in [0.25, 0.3) is 0 Å². The molecular formula is C10H9NO5. The molecule has 0 amide bonds. The zero-order chi connectivity index (χ0) is 12.0. The van der Waals surface area contributed by atoms with Crippen LogP contribution in [0.1, 0.15) is 5.56 Å². The van der Waals surface area contributed by atoms with Gasteiger partial charge in [0.2, 0.25) is 0 Å². The average molecular weight is 223 g/mol. The first-order valence-corrected chi connectivity index (χ1v) is 4.31. The summed E-state index contributed by atoms with van der Waals surface area (Å²) in [6.45, 7) is 0.0187. The molecule has 0 aliphatic heterocycles. The fourth-order valence-corrected chi connectivity index (χ4v) is 0.915. The fraction of sp³-hybridized carbons (Fsp3) is 0.100. The second-order valence-electron chi connectivity index (χ2n) is 2.81. The van der Waals surface area contributed by atoms with E-state index in [4.69, 9.17) is 10.2 Å².